The van der Waals surface area contributed by atoms with Crippen LogP contribution in [0.25, 0.3) is 5.69 Å². The van der Waals surface area contributed by atoms with Crippen LogP contribution >= 0.6 is 11.6 Å². The lowest BCUT2D eigenvalue weighted by Crippen LogP contribution is -2.25. The van der Waals surface area contributed by atoms with Crippen LogP contribution in [-0.2, 0) is 11.2 Å². The zero-order valence-corrected chi connectivity index (χ0v) is 16.2. The first-order chi connectivity index (χ1) is 13.4. The van der Waals surface area contributed by atoms with Crippen LogP contribution in [0.5, 0.6) is 0 Å². The van der Waals surface area contributed by atoms with Crippen molar-refractivity contribution in [2.24, 2.45) is 0 Å². The predicted molar refractivity (Wildman–Crippen MR) is 107 cm³/mol. The van der Waals surface area contributed by atoms with Crippen molar-refractivity contribution in [3.05, 3.63) is 64.4 Å². The second kappa shape index (κ2) is 7.09. The molecule has 1 aliphatic heterocycles. The number of carbonyl (C=O) groups excluding carboxylic acids is 2. The maximum absolute atomic E-state index is 12.7. The minimum Gasteiger partial charge on any atom is -0.321 e. The average Bonchev–Trinajstić information content (AvgIpc) is 3.25. The normalized spacial score (nSPS) is 12.8. The lowest BCUT2D eigenvalue weighted by Gasteiger charge is -2.15. The van der Waals surface area contributed by atoms with E-state index >= 15 is 0 Å². The predicted octanol–water partition coefficient (Wildman–Crippen LogP) is 3.39. The summed E-state index contributed by atoms with van der Waals surface area (Å²) < 4.78 is 0. The number of aromatic nitrogens is 3. The summed E-state index contributed by atoms with van der Waals surface area (Å²) in [5.41, 5.74) is 4.02. The molecule has 1 aromatic heterocycles. The first-order valence-corrected chi connectivity index (χ1v) is 9.22. The van der Waals surface area contributed by atoms with Gasteiger partial charge in [-0.2, -0.15) is 9.90 Å². The van der Waals surface area contributed by atoms with E-state index in [0.29, 0.717) is 28.6 Å². The third-order valence-corrected chi connectivity index (χ3v) is 4.88. The van der Waals surface area contributed by atoms with Gasteiger partial charge in [0.05, 0.1) is 11.4 Å². The summed E-state index contributed by atoms with van der Waals surface area (Å²) in [6.45, 7) is 3.95. The van der Waals surface area contributed by atoms with Gasteiger partial charge in [-0.15, -0.1) is 5.10 Å². The highest BCUT2D eigenvalue weighted by Gasteiger charge is 2.23. The van der Waals surface area contributed by atoms with Gasteiger partial charge in [0, 0.05) is 29.9 Å². The number of benzene rings is 2. The van der Waals surface area contributed by atoms with Crippen molar-refractivity contribution in [3.63, 3.8) is 0 Å². The van der Waals surface area contributed by atoms with Gasteiger partial charge in [-0.25, -0.2) is 0 Å². The number of rotatable bonds is 3. The number of hydrogen-bond acceptors (Lipinski definition) is 4. The fourth-order valence-corrected chi connectivity index (χ4v) is 3.49. The van der Waals surface area contributed by atoms with E-state index in [-0.39, 0.29) is 17.5 Å². The SMILES string of the molecule is CC(=O)N1CCc2cc(NC(=O)c3nn(-c4cccc(Cl)c4)nc3C)ccc21. The minimum atomic E-state index is -0.341. The van der Waals surface area contributed by atoms with E-state index in [4.69, 9.17) is 11.6 Å². The molecule has 1 N–H and O–H groups in total. The molecule has 2 heterocycles. The van der Waals surface area contributed by atoms with E-state index in [1.54, 1.807) is 43.0 Å². The molecule has 4 rings (SSSR count). The lowest BCUT2D eigenvalue weighted by atomic mass is 10.1. The number of aryl methyl sites for hydroxylation is 1. The summed E-state index contributed by atoms with van der Waals surface area (Å²) in [5, 5.41) is 12.1. The van der Waals surface area contributed by atoms with E-state index in [2.05, 4.69) is 15.5 Å². The molecule has 0 saturated heterocycles. The molecule has 7 nitrogen and oxygen atoms in total. The summed E-state index contributed by atoms with van der Waals surface area (Å²) in [6.07, 6.45) is 0.766. The molecule has 2 aromatic carbocycles. The standard InChI is InChI=1S/C20H18ClN5O2/c1-12-19(24-26(23-12)17-5-3-4-15(21)11-17)20(28)22-16-6-7-18-14(10-16)8-9-25(18)13(2)27/h3-7,10-11H,8-9H2,1-2H3,(H,22,28). The molecule has 142 valence electrons. The number of halogens is 1. The summed E-state index contributed by atoms with van der Waals surface area (Å²) >= 11 is 6.01. The highest BCUT2D eigenvalue weighted by molar-refractivity contribution is 6.30. The molecule has 8 heteroatoms. The van der Waals surface area contributed by atoms with E-state index in [1.165, 1.54) is 4.80 Å². The van der Waals surface area contributed by atoms with Crippen LogP contribution in [0.2, 0.25) is 5.02 Å². The van der Waals surface area contributed by atoms with Gasteiger partial charge in [-0.1, -0.05) is 17.7 Å². The van der Waals surface area contributed by atoms with E-state index in [9.17, 15) is 9.59 Å². The molecular weight excluding hydrogens is 378 g/mol. The Labute approximate surface area is 166 Å². The number of anilines is 2. The number of nitrogens with zero attached hydrogens (tertiary/aromatic N) is 4. The van der Waals surface area contributed by atoms with Crippen molar-refractivity contribution in [2.45, 2.75) is 20.3 Å². The molecule has 0 saturated carbocycles. The number of carbonyl (C=O) groups is 2. The highest BCUT2D eigenvalue weighted by Crippen LogP contribution is 2.30. The van der Waals surface area contributed by atoms with E-state index in [0.717, 1.165) is 17.7 Å². The molecule has 0 radical (unpaired) electrons. The Morgan fingerprint density at radius 1 is 1.14 bits per heavy atom. The van der Waals surface area contributed by atoms with Crippen molar-refractivity contribution in [2.75, 3.05) is 16.8 Å². The Morgan fingerprint density at radius 3 is 2.71 bits per heavy atom. The first kappa shape index (κ1) is 18.2. The average molecular weight is 396 g/mol. The Kier molecular flexibility index (Phi) is 4.60. The number of amides is 2. The van der Waals surface area contributed by atoms with Crippen LogP contribution in [0.1, 0.15) is 28.7 Å². The fourth-order valence-electron chi connectivity index (χ4n) is 3.30. The number of nitrogens with one attached hydrogen (secondary N) is 1. The Morgan fingerprint density at radius 2 is 1.96 bits per heavy atom. The Balaban J connectivity index is 1.56. The molecule has 0 fully saturated rings. The molecule has 28 heavy (non-hydrogen) atoms. The van der Waals surface area contributed by atoms with Gasteiger partial charge in [-0.3, -0.25) is 9.59 Å². The van der Waals surface area contributed by atoms with Gasteiger partial charge in [0.1, 0.15) is 0 Å². The molecular formula is C20H18ClN5O2. The molecule has 0 spiro atoms. The van der Waals surface area contributed by atoms with Crippen molar-refractivity contribution >= 4 is 34.8 Å². The Bertz CT molecular complexity index is 1090. The topological polar surface area (TPSA) is 80.1 Å². The first-order valence-electron chi connectivity index (χ1n) is 8.84. The quantitative estimate of drug-likeness (QED) is 0.737. The fraction of sp³-hybridized carbons (Fsp3) is 0.200. The summed E-state index contributed by atoms with van der Waals surface area (Å²) in [6, 6.07) is 12.6. The molecule has 2 amide bonds. The number of fused-ring (bicyclic) bond motifs is 1. The van der Waals surface area contributed by atoms with Crippen LogP contribution in [-0.4, -0.2) is 33.4 Å². The van der Waals surface area contributed by atoms with Gasteiger partial charge in [0.15, 0.2) is 5.69 Å². The largest absolute Gasteiger partial charge is 0.321 e. The van der Waals surface area contributed by atoms with Crippen LogP contribution in [0, 0.1) is 6.92 Å². The van der Waals surface area contributed by atoms with Gasteiger partial charge in [0.25, 0.3) is 5.91 Å². The number of hydrogen-bond donors (Lipinski definition) is 1. The van der Waals surface area contributed by atoms with E-state index in [1.807, 2.05) is 18.2 Å². The maximum atomic E-state index is 12.7. The third kappa shape index (κ3) is 3.36. The molecule has 0 bridgehead atoms. The van der Waals surface area contributed by atoms with Crippen LogP contribution in [0.4, 0.5) is 11.4 Å². The van der Waals surface area contributed by atoms with Crippen molar-refractivity contribution in [1.82, 2.24) is 15.0 Å². The molecule has 0 atom stereocenters. The van der Waals surface area contributed by atoms with Gasteiger partial charge in [-0.05, 0) is 55.3 Å². The third-order valence-electron chi connectivity index (χ3n) is 4.65. The molecule has 3 aromatic rings. The van der Waals surface area contributed by atoms with Crippen LogP contribution < -0.4 is 10.2 Å². The summed E-state index contributed by atoms with van der Waals surface area (Å²) in [5.74, 6) is -0.323. The van der Waals surface area contributed by atoms with Gasteiger partial charge < -0.3 is 10.2 Å². The Hall–Kier alpha value is -3.19. The van der Waals surface area contributed by atoms with Crippen molar-refractivity contribution < 1.29 is 9.59 Å². The maximum Gasteiger partial charge on any atom is 0.278 e. The zero-order chi connectivity index (χ0) is 19.8. The summed E-state index contributed by atoms with van der Waals surface area (Å²) in [7, 11) is 0. The monoisotopic (exact) mass is 395 g/mol. The zero-order valence-electron chi connectivity index (χ0n) is 15.4. The molecule has 1 aliphatic rings. The van der Waals surface area contributed by atoms with Gasteiger partial charge in [0.2, 0.25) is 5.91 Å². The van der Waals surface area contributed by atoms with Crippen LogP contribution in [0.15, 0.2) is 42.5 Å². The molecule has 0 unspecified atom stereocenters. The van der Waals surface area contributed by atoms with E-state index < -0.39 is 0 Å². The minimum absolute atomic E-state index is 0.0174. The highest BCUT2D eigenvalue weighted by atomic mass is 35.5. The lowest BCUT2D eigenvalue weighted by molar-refractivity contribution is -0.116. The van der Waals surface area contributed by atoms with Gasteiger partial charge >= 0.3 is 0 Å². The molecule has 0 aliphatic carbocycles. The van der Waals surface area contributed by atoms with Crippen molar-refractivity contribution in [3.8, 4) is 5.69 Å². The second-order valence-corrected chi connectivity index (χ2v) is 7.06. The smallest absolute Gasteiger partial charge is 0.278 e. The van der Waals surface area contributed by atoms with Crippen molar-refractivity contribution in [1.29, 1.82) is 0 Å². The van der Waals surface area contributed by atoms with Crippen LogP contribution in [0.3, 0.4) is 0 Å². The second-order valence-electron chi connectivity index (χ2n) is 6.62. The summed E-state index contributed by atoms with van der Waals surface area (Å²) in [4.78, 5) is 27.5.